The van der Waals surface area contributed by atoms with E-state index in [2.05, 4.69) is 16.7 Å². The van der Waals surface area contributed by atoms with Gasteiger partial charge in [-0.25, -0.2) is 0 Å². The Hall–Kier alpha value is -0.570. The minimum absolute atomic E-state index is 0.000972. The van der Waals surface area contributed by atoms with Crippen LogP contribution in [-0.4, -0.2) is 25.0 Å². The van der Waals surface area contributed by atoms with Crippen LogP contribution in [0, 0.1) is 0 Å². The third-order valence-corrected chi connectivity index (χ3v) is 0.274. The van der Waals surface area contributed by atoms with Gasteiger partial charge in [-0.2, -0.15) is 0 Å². The molecule has 0 aliphatic heterocycles. The van der Waals surface area contributed by atoms with Crippen LogP contribution < -0.4 is 0 Å². The van der Waals surface area contributed by atoms with Crippen molar-refractivity contribution in [1.29, 1.82) is 0 Å². The molecule has 6 heavy (non-hydrogen) atoms. The molecule has 0 saturated carbocycles. The summed E-state index contributed by atoms with van der Waals surface area (Å²) >= 11 is 0. The molecular formula is C3H7NO2. The third-order valence-electron chi connectivity index (χ3n) is 0.274. The number of nitrogens with zero attached hydrogens (tertiary/aromatic N) is 1. The molecule has 0 aromatic heterocycles. The summed E-state index contributed by atoms with van der Waals surface area (Å²) in [4.78, 5) is 4.25. The molecule has 0 spiro atoms. The molecule has 0 aromatic rings. The first-order valence-corrected chi connectivity index (χ1v) is 1.60. The fourth-order valence-electron chi connectivity index (χ4n) is 0.105. The Balaban J connectivity index is 2.49. The van der Waals surface area contributed by atoms with Crippen molar-refractivity contribution >= 4 is 6.72 Å². The maximum absolute atomic E-state index is 7.98. The second-order valence-electron chi connectivity index (χ2n) is 0.686. The van der Waals surface area contributed by atoms with E-state index < -0.39 is 0 Å². The molecule has 0 radical (unpaired) electrons. The second kappa shape index (κ2) is 4.43. The summed E-state index contributed by atoms with van der Waals surface area (Å²) in [5.41, 5.74) is 0. The van der Waals surface area contributed by atoms with Crippen LogP contribution in [0.4, 0.5) is 0 Å². The predicted molar refractivity (Wildman–Crippen MR) is 22.6 cm³/mol. The van der Waals surface area contributed by atoms with E-state index in [1.165, 1.54) is 0 Å². The molecule has 0 saturated heterocycles. The smallest absolute Gasteiger partial charge is 0.140 e. The fourth-order valence-corrected chi connectivity index (χ4v) is 0.105. The van der Waals surface area contributed by atoms with Crippen LogP contribution in [-0.2, 0) is 4.84 Å². The van der Waals surface area contributed by atoms with Crippen molar-refractivity contribution in [1.82, 2.24) is 0 Å². The Morgan fingerprint density at radius 3 is 2.67 bits per heavy atom. The van der Waals surface area contributed by atoms with Gasteiger partial charge in [0.05, 0.1) is 6.61 Å². The van der Waals surface area contributed by atoms with Crippen molar-refractivity contribution in [2.24, 2.45) is 5.16 Å². The first kappa shape index (κ1) is 5.43. The first-order valence-electron chi connectivity index (χ1n) is 1.60. The molecule has 3 nitrogen and oxygen atoms in total. The molecule has 0 aliphatic rings. The molecule has 0 unspecified atom stereocenters. The number of hydrogen-bond donors (Lipinski definition) is 1. The van der Waals surface area contributed by atoms with Gasteiger partial charge in [-0.15, -0.1) is 5.16 Å². The standard InChI is InChI=1S/C3H7NO2/c1-4-6-3-2-5/h5H,1-3H2. The molecule has 3 heteroatoms. The fraction of sp³-hybridized carbons (Fsp3) is 0.667. The monoisotopic (exact) mass is 89.0 g/mol. The van der Waals surface area contributed by atoms with E-state index in [4.69, 9.17) is 5.11 Å². The highest BCUT2D eigenvalue weighted by Gasteiger charge is 1.71. The van der Waals surface area contributed by atoms with Crippen molar-refractivity contribution in [3.63, 3.8) is 0 Å². The van der Waals surface area contributed by atoms with E-state index in [9.17, 15) is 0 Å². The van der Waals surface area contributed by atoms with Crippen LogP contribution in [0.15, 0.2) is 5.16 Å². The summed E-state index contributed by atoms with van der Waals surface area (Å²) in [7, 11) is 0. The number of aliphatic hydroxyl groups is 1. The van der Waals surface area contributed by atoms with Gasteiger partial charge in [0.1, 0.15) is 6.61 Å². The zero-order valence-corrected chi connectivity index (χ0v) is 3.42. The van der Waals surface area contributed by atoms with Crippen LogP contribution in [0.1, 0.15) is 0 Å². The van der Waals surface area contributed by atoms with Crippen LogP contribution >= 0.6 is 0 Å². The quantitative estimate of drug-likeness (QED) is 0.290. The van der Waals surface area contributed by atoms with Gasteiger partial charge in [-0.05, 0) is 0 Å². The highest BCUT2D eigenvalue weighted by atomic mass is 16.6. The number of rotatable bonds is 3. The van der Waals surface area contributed by atoms with Gasteiger partial charge in [0.15, 0.2) is 0 Å². The molecule has 0 heterocycles. The highest BCUT2D eigenvalue weighted by Crippen LogP contribution is 1.66. The second-order valence-corrected chi connectivity index (χ2v) is 0.686. The summed E-state index contributed by atoms with van der Waals surface area (Å²) < 4.78 is 0. The van der Waals surface area contributed by atoms with Crippen molar-refractivity contribution < 1.29 is 9.94 Å². The number of hydrogen-bond acceptors (Lipinski definition) is 3. The topological polar surface area (TPSA) is 41.8 Å². The summed E-state index contributed by atoms with van der Waals surface area (Å²) in [6.07, 6.45) is 0. The lowest BCUT2D eigenvalue weighted by Gasteiger charge is -1.87. The number of aliphatic hydroxyl groups excluding tert-OH is 1. The average Bonchev–Trinajstić information content (AvgIpc) is 1.61. The Kier molecular flexibility index (Phi) is 4.01. The predicted octanol–water partition coefficient (Wildman–Crippen LogP) is -0.389. The van der Waals surface area contributed by atoms with E-state index >= 15 is 0 Å². The molecule has 0 atom stereocenters. The van der Waals surface area contributed by atoms with Crippen LogP contribution in [0.2, 0.25) is 0 Å². The molecule has 1 N–H and O–H groups in total. The van der Waals surface area contributed by atoms with Gasteiger partial charge >= 0.3 is 0 Å². The Morgan fingerprint density at radius 1 is 1.83 bits per heavy atom. The maximum atomic E-state index is 7.98. The molecular weight excluding hydrogens is 82.0 g/mol. The van der Waals surface area contributed by atoms with Gasteiger partial charge in [-0.1, -0.05) is 0 Å². The van der Waals surface area contributed by atoms with Crippen LogP contribution in [0.25, 0.3) is 0 Å². The molecule has 0 amide bonds. The van der Waals surface area contributed by atoms with E-state index in [0.717, 1.165) is 0 Å². The van der Waals surface area contributed by atoms with Crippen molar-refractivity contribution in [2.75, 3.05) is 13.2 Å². The number of oxime groups is 1. The van der Waals surface area contributed by atoms with Gasteiger partial charge in [0.2, 0.25) is 0 Å². The lowest BCUT2D eigenvalue weighted by molar-refractivity contribution is 0.100. The van der Waals surface area contributed by atoms with Crippen molar-refractivity contribution in [3.05, 3.63) is 0 Å². The van der Waals surface area contributed by atoms with Gasteiger partial charge in [0, 0.05) is 6.72 Å². The molecule has 0 aliphatic carbocycles. The average molecular weight is 89.1 g/mol. The first-order chi connectivity index (χ1) is 2.91. The summed E-state index contributed by atoms with van der Waals surface area (Å²) in [5, 5.41) is 11.0. The SMILES string of the molecule is C=NOCCO. The summed E-state index contributed by atoms with van der Waals surface area (Å²) in [6, 6.07) is 0. The summed E-state index contributed by atoms with van der Waals surface area (Å²) in [5.74, 6) is 0. The zero-order chi connectivity index (χ0) is 4.83. The Labute approximate surface area is 36.2 Å². The molecule has 0 fully saturated rings. The van der Waals surface area contributed by atoms with Gasteiger partial charge < -0.3 is 9.94 Å². The van der Waals surface area contributed by atoms with Gasteiger partial charge in [-0.3, -0.25) is 0 Å². The van der Waals surface area contributed by atoms with E-state index in [1.54, 1.807) is 0 Å². The molecule has 0 bridgehead atoms. The van der Waals surface area contributed by atoms with Crippen molar-refractivity contribution in [2.45, 2.75) is 0 Å². The lowest BCUT2D eigenvalue weighted by atomic mass is 10.8. The van der Waals surface area contributed by atoms with Crippen LogP contribution in [0.5, 0.6) is 0 Å². The summed E-state index contributed by atoms with van der Waals surface area (Å²) in [6.45, 7) is 3.25. The van der Waals surface area contributed by atoms with Crippen molar-refractivity contribution in [3.8, 4) is 0 Å². The van der Waals surface area contributed by atoms with Gasteiger partial charge in [0.25, 0.3) is 0 Å². The minimum atomic E-state index is -0.000972. The largest absolute Gasteiger partial charge is 0.394 e. The molecule has 0 aromatic carbocycles. The maximum Gasteiger partial charge on any atom is 0.140 e. The lowest BCUT2D eigenvalue weighted by Crippen LogP contribution is -1.91. The van der Waals surface area contributed by atoms with Crippen LogP contribution in [0.3, 0.4) is 0 Å². The highest BCUT2D eigenvalue weighted by molar-refractivity contribution is 5.21. The van der Waals surface area contributed by atoms with E-state index in [0.29, 0.717) is 0 Å². The normalized spacial score (nSPS) is 7.50. The Bertz CT molecular complexity index is 37.8. The van der Waals surface area contributed by atoms with E-state index in [-0.39, 0.29) is 13.2 Å². The van der Waals surface area contributed by atoms with E-state index in [1.807, 2.05) is 0 Å². The molecule has 36 valence electrons. The zero-order valence-electron chi connectivity index (χ0n) is 3.42. The Morgan fingerprint density at radius 2 is 2.50 bits per heavy atom. The minimum Gasteiger partial charge on any atom is -0.394 e. The third kappa shape index (κ3) is 3.43. The molecule has 0 rings (SSSR count).